The lowest BCUT2D eigenvalue weighted by atomic mass is 10.2. The molecule has 0 saturated heterocycles. The zero-order chi connectivity index (χ0) is 15.6. The van der Waals surface area contributed by atoms with Gasteiger partial charge in [0.1, 0.15) is 10.8 Å². The van der Waals surface area contributed by atoms with Crippen LogP contribution in [0.4, 0.5) is 13.2 Å². The maximum absolute atomic E-state index is 12.4. The highest BCUT2D eigenvalue weighted by atomic mass is 35.5. The standard InChI is InChI=1S/C12H7ClF3NO3S/c1-19-11(18)8-9(13)17-10(21-8)6-4-2-3-5-7(6)20-12(14,15)16/h2-5H,1H3. The van der Waals surface area contributed by atoms with Crippen molar-refractivity contribution in [2.24, 2.45) is 0 Å². The first-order chi connectivity index (χ1) is 9.81. The van der Waals surface area contributed by atoms with E-state index in [9.17, 15) is 18.0 Å². The van der Waals surface area contributed by atoms with Gasteiger partial charge in [0.15, 0.2) is 10.0 Å². The number of benzene rings is 1. The third kappa shape index (κ3) is 3.64. The van der Waals surface area contributed by atoms with E-state index in [0.717, 1.165) is 17.4 Å². The van der Waals surface area contributed by atoms with E-state index in [1.165, 1.54) is 25.3 Å². The molecule has 21 heavy (non-hydrogen) atoms. The van der Waals surface area contributed by atoms with Gasteiger partial charge in [0.25, 0.3) is 0 Å². The van der Waals surface area contributed by atoms with Crippen molar-refractivity contribution in [3.8, 4) is 16.3 Å². The van der Waals surface area contributed by atoms with Gasteiger partial charge >= 0.3 is 12.3 Å². The van der Waals surface area contributed by atoms with Gasteiger partial charge in [0.05, 0.1) is 12.7 Å². The van der Waals surface area contributed by atoms with Crippen LogP contribution in [0.15, 0.2) is 24.3 Å². The lowest BCUT2D eigenvalue weighted by Crippen LogP contribution is -2.17. The van der Waals surface area contributed by atoms with Gasteiger partial charge in [-0.1, -0.05) is 23.7 Å². The van der Waals surface area contributed by atoms with Crippen molar-refractivity contribution in [3.05, 3.63) is 34.3 Å². The second-order valence-electron chi connectivity index (χ2n) is 3.67. The molecule has 1 aromatic carbocycles. The van der Waals surface area contributed by atoms with Crippen LogP contribution in [0.25, 0.3) is 10.6 Å². The van der Waals surface area contributed by atoms with Crippen LogP contribution in [0.5, 0.6) is 5.75 Å². The van der Waals surface area contributed by atoms with E-state index >= 15 is 0 Å². The molecule has 0 aliphatic rings. The van der Waals surface area contributed by atoms with E-state index in [4.69, 9.17) is 11.6 Å². The maximum atomic E-state index is 12.4. The van der Waals surface area contributed by atoms with Crippen LogP contribution in [0, 0.1) is 0 Å². The number of alkyl halides is 3. The summed E-state index contributed by atoms with van der Waals surface area (Å²) in [4.78, 5) is 15.3. The third-order valence-corrected chi connectivity index (χ3v) is 3.75. The Bertz CT molecular complexity index is 672. The number of thiazole rings is 1. The summed E-state index contributed by atoms with van der Waals surface area (Å²) in [5.41, 5.74) is 0.0804. The van der Waals surface area contributed by atoms with Crippen LogP contribution in [0.3, 0.4) is 0 Å². The number of halogens is 4. The number of methoxy groups -OCH3 is 1. The largest absolute Gasteiger partial charge is 0.573 e. The smallest absolute Gasteiger partial charge is 0.465 e. The van der Waals surface area contributed by atoms with Crippen molar-refractivity contribution in [2.75, 3.05) is 7.11 Å². The van der Waals surface area contributed by atoms with Gasteiger partial charge < -0.3 is 9.47 Å². The second-order valence-corrected chi connectivity index (χ2v) is 5.03. The fourth-order valence-electron chi connectivity index (χ4n) is 1.49. The Kier molecular flexibility index (Phi) is 4.38. The lowest BCUT2D eigenvalue weighted by Gasteiger charge is -2.11. The predicted molar refractivity (Wildman–Crippen MR) is 70.6 cm³/mol. The minimum Gasteiger partial charge on any atom is -0.465 e. The van der Waals surface area contributed by atoms with Crippen molar-refractivity contribution in [2.45, 2.75) is 6.36 Å². The number of ether oxygens (including phenoxy) is 2. The summed E-state index contributed by atoms with van der Waals surface area (Å²) in [5.74, 6) is -1.13. The Hall–Kier alpha value is -1.80. The Morgan fingerprint density at radius 3 is 2.62 bits per heavy atom. The quantitative estimate of drug-likeness (QED) is 0.789. The van der Waals surface area contributed by atoms with Crippen LogP contribution in [0.2, 0.25) is 5.15 Å². The summed E-state index contributed by atoms with van der Waals surface area (Å²) in [5, 5.41) is -0.0103. The molecule has 2 rings (SSSR count). The number of carbonyl (C=O) groups is 1. The summed E-state index contributed by atoms with van der Waals surface area (Å²) >= 11 is 6.61. The minimum atomic E-state index is -4.83. The fraction of sp³-hybridized carbons (Fsp3) is 0.167. The van der Waals surface area contributed by atoms with Crippen molar-refractivity contribution in [1.82, 2.24) is 4.98 Å². The van der Waals surface area contributed by atoms with Gasteiger partial charge in [0.2, 0.25) is 0 Å². The van der Waals surface area contributed by atoms with Crippen molar-refractivity contribution < 1.29 is 27.4 Å². The molecule has 2 aromatic rings. The SMILES string of the molecule is COC(=O)c1sc(-c2ccccc2OC(F)(F)F)nc1Cl. The first-order valence-corrected chi connectivity index (χ1v) is 6.61. The Balaban J connectivity index is 2.45. The molecule has 0 fully saturated rings. The molecule has 0 N–H and O–H groups in total. The predicted octanol–water partition coefficient (Wildman–Crippen LogP) is 4.15. The van der Waals surface area contributed by atoms with E-state index in [0.29, 0.717) is 0 Å². The topological polar surface area (TPSA) is 48.4 Å². The second kappa shape index (κ2) is 5.90. The lowest BCUT2D eigenvalue weighted by molar-refractivity contribution is -0.274. The molecule has 0 radical (unpaired) electrons. The van der Waals surface area contributed by atoms with E-state index < -0.39 is 18.1 Å². The Morgan fingerprint density at radius 1 is 1.33 bits per heavy atom. The molecule has 0 spiro atoms. The number of esters is 1. The van der Waals surface area contributed by atoms with E-state index in [1.54, 1.807) is 0 Å². The van der Waals surface area contributed by atoms with Crippen molar-refractivity contribution >= 4 is 28.9 Å². The van der Waals surface area contributed by atoms with Gasteiger partial charge in [-0.3, -0.25) is 0 Å². The van der Waals surface area contributed by atoms with E-state index in [2.05, 4.69) is 14.5 Å². The molecular formula is C12H7ClF3NO3S. The number of hydrogen-bond acceptors (Lipinski definition) is 5. The number of para-hydroxylation sites is 1. The Morgan fingerprint density at radius 2 is 2.00 bits per heavy atom. The fourth-order valence-corrected chi connectivity index (χ4v) is 2.73. The first-order valence-electron chi connectivity index (χ1n) is 5.41. The highest BCUT2D eigenvalue weighted by Gasteiger charge is 2.32. The monoisotopic (exact) mass is 337 g/mol. The Labute approximate surface area is 126 Å². The van der Waals surface area contributed by atoms with E-state index in [1.807, 2.05) is 0 Å². The highest BCUT2D eigenvalue weighted by Crippen LogP contribution is 2.38. The van der Waals surface area contributed by atoms with Gasteiger partial charge in [-0.05, 0) is 12.1 Å². The number of carbonyl (C=O) groups excluding carboxylic acids is 1. The molecule has 0 atom stereocenters. The van der Waals surface area contributed by atoms with Crippen molar-refractivity contribution in [3.63, 3.8) is 0 Å². The molecule has 1 aromatic heterocycles. The molecule has 9 heteroatoms. The number of rotatable bonds is 3. The van der Waals surface area contributed by atoms with Gasteiger partial charge in [-0.2, -0.15) is 0 Å². The number of aromatic nitrogens is 1. The molecule has 0 unspecified atom stereocenters. The zero-order valence-electron chi connectivity index (χ0n) is 10.4. The normalized spacial score (nSPS) is 11.3. The van der Waals surface area contributed by atoms with Crippen LogP contribution < -0.4 is 4.74 Å². The van der Waals surface area contributed by atoms with Crippen LogP contribution >= 0.6 is 22.9 Å². The van der Waals surface area contributed by atoms with Gasteiger partial charge in [-0.15, -0.1) is 24.5 Å². The van der Waals surface area contributed by atoms with Crippen LogP contribution in [-0.2, 0) is 4.74 Å². The average Bonchev–Trinajstić information content (AvgIpc) is 2.78. The first kappa shape index (κ1) is 15.6. The number of nitrogens with zero attached hydrogens (tertiary/aromatic N) is 1. The summed E-state index contributed by atoms with van der Waals surface area (Å²) in [6.45, 7) is 0. The maximum Gasteiger partial charge on any atom is 0.573 e. The number of hydrogen-bond donors (Lipinski definition) is 0. The summed E-state index contributed by atoms with van der Waals surface area (Å²) in [7, 11) is 1.17. The average molecular weight is 338 g/mol. The molecule has 1 heterocycles. The summed E-state index contributed by atoms with van der Waals surface area (Å²) < 4.78 is 45.5. The van der Waals surface area contributed by atoms with Gasteiger partial charge in [0, 0.05) is 0 Å². The minimum absolute atomic E-state index is 0.0102. The molecule has 0 amide bonds. The van der Waals surface area contributed by atoms with E-state index in [-0.39, 0.29) is 20.6 Å². The zero-order valence-corrected chi connectivity index (χ0v) is 12.0. The molecule has 112 valence electrons. The summed E-state index contributed by atoms with van der Waals surface area (Å²) in [6, 6.07) is 5.44. The van der Waals surface area contributed by atoms with Crippen LogP contribution in [0.1, 0.15) is 9.67 Å². The highest BCUT2D eigenvalue weighted by molar-refractivity contribution is 7.17. The molecule has 0 aliphatic heterocycles. The van der Waals surface area contributed by atoms with Gasteiger partial charge in [-0.25, -0.2) is 9.78 Å². The molecule has 0 aliphatic carbocycles. The summed E-state index contributed by atoms with van der Waals surface area (Å²) in [6.07, 6.45) is -4.83. The molecular weight excluding hydrogens is 331 g/mol. The molecule has 4 nitrogen and oxygen atoms in total. The molecule has 0 saturated carbocycles. The third-order valence-electron chi connectivity index (χ3n) is 2.30. The van der Waals surface area contributed by atoms with Crippen molar-refractivity contribution in [1.29, 1.82) is 0 Å². The van der Waals surface area contributed by atoms with Crippen LogP contribution in [-0.4, -0.2) is 24.4 Å². The molecule has 0 bridgehead atoms.